The van der Waals surface area contributed by atoms with Crippen molar-refractivity contribution >= 4 is 22.8 Å². The summed E-state index contributed by atoms with van der Waals surface area (Å²) < 4.78 is 11.2. The number of carbonyl (C=O) groups excluding carboxylic acids is 2. The maximum Gasteiger partial charge on any atom is 0.229 e. The minimum Gasteiger partial charge on any atom is -0.356 e. The van der Waals surface area contributed by atoms with Gasteiger partial charge in [-0.2, -0.15) is 0 Å². The molecule has 2 amide bonds. The number of para-hydroxylation sites is 1. The molecule has 3 aliphatic heterocycles. The number of carbonyl (C=O) groups is 2. The van der Waals surface area contributed by atoms with Gasteiger partial charge in [0.25, 0.3) is 0 Å². The van der Waals surface area contributed by atoms with Crippen molar-refractivity contribution in [1.29, 1.82) is 0 Å². The number of fused-ring (bicyclic) bond motifs is 1. The van der Waals surface area contributed by atoms with Crippen molar-refractivity contribution in [3.63, 3.8) is 0 Å². The highest BCUT2D eigenvalue weighted by molar-refractivity contribution is 5.88. The van der Waals surface area contributed by atoms with E-state index in [1.54, 1.807) is 4.90 Å². The van der Waals surface area contributed by atoms with Gasteiger partial charge in [0.15, 0.2) is 11.3 Å². The Morgan fingerprint density at radius 2 is 2.21 bits per heavy atom. The summed E-state index contributed by atoms with van der Waals surface area (Å²) in [5.74, 6) is 0.0583. The largest absolute Gasteiger partial charge is 0.356 e. The molecule has 1 aromatic heterocycles. The van der Waals surface area contributed by atoms with E-state index in [1.165, 1.54) is 0 Å². The molecule has 5 rings (SSSR count). The fourth-order valence-electron chi connectivity index (χ4n) is 4.40. The third-order valence-corrected chi connectivity index (χ3v) is 5.49. The van der Waals surface area contributed by atoms with Crippen LogP contribution in [-0.4, -0.2) is 58.2 Å². The molecule has 24 heavy (non-hydrogen) atoms. The lowest BCUT2D eigenvalue weighted by atomic mass is 10.1. The second kappa shape index (κ2) is 4.80. The van der Waals surface area contributed by atoms with E-state index in [2.05, 4.69) is 5.16 Å². The number of likely N-dealkylation sites (tertiary alicyclic amines) is 1. The molecule has 0 saturated carbocycles. The lowest BCUT2D eigenvalue weighted by Gasteiger charge is -2.31. The van der Waals surface area contributed by atoms with Gasteiger partial charge in [0.2, 0.25) is 11.8 Å². The molecule has 2 aromatic rings. The second-order valence-corrected chi connectivity index (χ2v) is 6.60. The van der Waals surface area contributed by atoms with Crippen LogP contribution in [0.4, 0.5) is 0 Å². The molecule has 1 spiro atoms. The van der Waals surface area contributed by atoms with Crippen molar-refractivity contribution in [1.82, 2.24) is 15.0 Å². The predicted molar refractivity (Wildman–Crippen MR) is 82.8 cm³/mol. The van der Waals surface area contributed by atoms with Crippen LogP contribution in [0.25, 0.3) is 11.0 Å². The fourth-order valence-corrected chi connectivity index (χ4v) is 4.40. The van der Waals surface area contributed by atoms with Crippen molar-refractivity contribution < 1.29 is 18.8 Å². The van der Waals surface area contributed by atoms with Crippen LogP contribution in [-0.2, 0) is 20.7 Å². The molecule has 0 N–H and O–H groups in total. The van der Waals surface area contributed by atoms with Crippen molar-refractivity contribution in [2.75, 3.05) is 19.7 Å². The number of ether oxygens (including phenoxy) is 1. The zero-order valence-corrected chi connectivity index (χ0v) is 13.1. The SMILES string of the molecule is O=C(Cc1noc2ccccc12)N1CC[C@@]23OCCN2C(=O)C[C@@H]13. The zero-order chi connectivity index (χ0) is 16.3. The van der Waals surface area contributed by atoms with Gasteiger partial charge in [-0.05, 0) is 12.1 Å². The minimum atomic E-state index is -0.585. The Kier molecular flexibility index (Phi) is 2.79. The molecule has 0 radical (unpaired) electrons. The molecule has 0 bridgehead atoms. The van der Waals surface area contributed by atoms with E-state index < -0.39 is 5.72 Å². The second-order valence-electron chi connectivity index (χ2n) is 6.60. The maximum atomic E-state index is 12.8. The predicted octanol–water partition coefficient (Wildman–Crippen LogP) is 0.930. The number of nitrogens with zero attached hydrogens (tertiary/aromatic N) is 3. The smallest absolute Gasteiger partial charge is 0.229 e. The average molecular weight is 327 g/mol. The fraction of sp³-hybridized carbons (Fsp3) is 0.471. The topological polar surface area (TPSA) is 75.9 Å². The lowest BCUT2D eigenvalue weighted by Crippen LogP contribution is -2.49. The summed E-state index contributed by atoms with van der Waals surface area (Å²) in [7, 11) is 0. The summed E-state index contributed by atoms with van der Waals surface area (Å²) in [6.45, 7) is 1.80. The van der Waals surface area contributed by atoms with Gasteiger partial charge in [0, 0.05) is 24.9 Å². The number of rotatable bonds is 2. The Balaban J connectivity index is 1.41. The molecular formula is C17H17N3O4. The molecule has 7 nitrogen and oxygen atoms in total. The Bertz CT molecular complexity index is 847. The third kappa shape index (κ3) is 1.73. The van der Waals surface area contributed by atoms with Gasteiger partial charge in [-0.3, -0.25) is 9.59 Å². The molecule has 3 aliphatic rings. The van der Waals surface area contributed by atoms with E-state index in [-0.39, 0.29) is 24.3 Å². The molecule has 7 heteroatoms. The first kappa shape index (κ1) is 14.0. The Hall–Kier alpha value is -2.41. The van der Waals surface area contributed by atoms with Gasteiger partial charge in [0.05, 0.1) is 25.5 Å². The molecule has 1 aromatic carbocycles. The van der Waals surface area contributed by atoms with Crippen molar-refractivity contribution in [3.05, 3.63) is 30.0 Å². The van der Waals surface area contributed by atoms with E-state index >= 15 is 0 Å². The quantitative estimate of drug-likeness (QED) is 0.820. The highest BCUT2D eigenvalue weighted by Crippen LogP contribution is 2.45. The van der Waals surface area contributed by atoms with Gasteiger partial charge >= 0.3 is 0 Å². The first-order chi connectivity index (χ1) is 11.7. The highest BCUT2D eigenvalue weighted by Gasteiger charge is 2.62. The van der Waals surface area contributed by atoms with Gasteiger partial charge in [-0.1, -0.05) is 17.3 Å². The van der Waals surface area contributed by atoms with Gasteiger partial charge in [-0.15, -0.1) is 0 Å². The molecule has 3 fully saturated rings. The maximum absolute atomic E-state index is 12.8. The van der Waals surface area contributed by atoms with E-state index in [9.17, 15) is 9.59 Å². The summed E-state index contributed by atoms with van der Waals surface area (Å²) in [6.07, 6.45) is 1.22. The monoisotopic (exact) mass is 327 g/mol. The third-order valence-electron chi connectivity index (χ3n) is 5.49. The molecule has 124 valence electrons. The number of hydrogen-bond donors (Lipinski definition) is 0. The zero-order valence-electron chi connectivity index (χ0n) is 13.1. The van der Waals surface area contributed by atoms with Crippen molar-refractivity contribution in [2.24, 2.45) is 0 Å². The van der Waals surface area contributed by atoms with Crippen LogP contribution < -0.4 is 0 Å². The van der Waals surface area contributed by atoms with E-state index in [1.807, 2.05) is 29.2 Å². The normalized spacial score (nSPS) is 28.7. The molecule has 3 saturated heterocycles. The molecule has 0 aliphatic carbocycles. The molecule has 4 heterocycles. The Labute approximate surface area is 138 Å². The van der Waals surface area contributed by atoms with Crippen molar-refractivity contribution in [2.45, 2.75) is 31.0 Å². The van der Waals surface area contributed by atoms with Crippen LogP contribution in [0.1, 0.15) is 18.5 Å². The molecule has 2 atom stereocenters. The summed E-state index contributed by atoms with van der Waals surface area (Å²) in [6, 6.07) is 7.33. The van der Waals surface area contributed by atoms with Gasteiger partial charge < -0.3 is 19.1 Å². The summed E-state index contributed by atoms with van der Waals surface area (Å²) >= 11 is 0. The minimum absolute atomic E-state index is 0.0268. The molecule has 0 unspecified atom stereocenters. The molecular weight excluding hydrogens is 310 g/mol. The highest BCUT2D eigenvalue weighted by atomic mass is 16.5. The average Bonchev–Trinajstić information content (AvgIpc) is 3.30. The van der Waals surface area contributed by atoms with Crippen LogP contribution in [0.2, 0.25) is 0 Å². The first-order valence-electron chi connectivity index (χ1n) is 8.26. The number of benzene rings is 1. The van der Waals surface area contributed by atoms with Crippen LogP contribution in [0, 0.1) is 0 Å². The van der Waals surface area contributed by atoms with Crippen LogP contribution in [0.3, 0.4) is 0 Å². The van der Waals surface area contributed by atoms with E-state index in [4.69, 9.17) is 9.26 Å². The summed E-state index contributed by atoms with van der Waals surface area (Å²) in [4.78, 5) is 28.7. The van der Waals surface area contributed by atoms with E-state index in [0.717, 1.165) is 5.39 Å². The first-order valence-corrected chi connectivity index (χ1v) is 8.26. The number of aromatic nitrogens is 1. The Morgan fingerprint density at radius 1 is 1.33 bits per heavy atom. The van der Waals surface area contributed by atoms with Crippen LogP contribution in [0.5, 0.6) is 0 Å². The summed E-state index contributed by atoms with van der Waals surface area (Å²) in [5.41, 5.74) is 0.739. The van der Waals surface area contributed by atoms with Crippen LogP contribution in [0.15, 0.2) is 28.8 Å². The summed E-state index contributed by atoms with van der Waals surface area (Å²) in [5, 5.41) is 4.90. The number of hydrogen-bond acceptors (Lipinski definition) is 5. The van der Waals surface area contributed by atoms with E-state index in [0.29, 0.717) is 43.8 Å². The van der Waals surface area contributed by atoms with Crippen molar-refractivity contribution in [3.8, 4) is 0 Å². The lowest BCUT2D eigenvalue weighted by molar-refractivity contribution is -0.139. The van der Waals surface area contributed by atoms with Crippen LogP contribution >= 0.6 is 0 Å². The standard InChI is InChI=1S/C17H17N3O4/c21-15(9-12-11-3-1-2-4-13(11)24-18-12)19-6-5-17-14(19)10-16(22)20(17)7-8-23-17/h1-4,14H,5-10H2/t14-,17+/m1/s1. The Morgan fingerprint density at radius 3 is 3.12 bits per heavy atom. The van der Waals surface area contributed by atoms with Gasteiger partial charge in [-0.25, -0.2) is 0 Å². The van der Waals surface area contributed by atoms with Gasteiger partial charge in [0.1, 0.15) is 5.69 Å². The number of amides is 2.